The fourth-order valence-electron chi connectivity index (χ4n) is 2.53. The van der Waals surface area contributed by atoms with E-state index in [1.165, 1.54) is 11.8 Å². The molecule has 3 aromatic rings. The first-order valence-electron chi connectivity index (χ1n) is 7.87. The summed E-state index contributed by atoms with van der Waals surface area (Å²) in [6.45, 7) is 5.84. The Bertz CT molecular complexity index is 920. The molecular weight excluding hydrogens is 350 g/mol. The summed E-state index contributed by atoms with van der Waals surface area (Å²) in [6.07, 6.45) is 0. The number of carbonyl (C=O) groups excluding carboxylic acids is 1. The maximum atomic E-state index is 11.9. The highest BCUT2D eigenvalue weighted by Gasteiger charge is 2.18. The van der Waals surface area contributed by atoms with Crippen LogP contribution in [0, 0.1) is 20.8 Å². The number of pyridine rings is 1. The monoisotopic (exact) mass is 369 g/mol. The molecule has 6 heteroatoms. The zero-order chi connectivity index (χ0) is 18.0. The van der Waals surface area contributed by atoms with Crippen molar-refractivity contribution < 1.29 is 4.79 Å². The maximum absolute atomic E-state index is 11.9. The SMILES string of the molecule is Cc1nc(SCc2csc(-c3ccccc3)n2)c(C(N)=O)c(C)c1C. The van der Waals surface area contributed by atoms with Crippen molar-refractivity contribution in [1.82, 2.24) is 9.97 Å². The van der Waals surface area contributed by atoms with Crippen molar-refractivity contribution in [3.63, 3.8) is 0 Å². The lowest BCUT2D eigenvalue weighted by atomic mass is 10.0. The zero-order valence-electron chi connectivity index (χ0n) is 14.4. The first-order valence-corrected chi connectivity index (χ1v) is 9.74. The number of nitrogens with two attached hydrogens (primary N) is 1. The summed E-state index contributed by atoms with van der Waals surface area (Å²) in [4.78, 5) is 21.1. The predicted molar refractivity (Wildman–Crippen MR) is 104 cm³/mol. The molecule has 0 spiro atoms. The van der Waals surface area contributed by atoms with E-state index in [1.807, 2.05) is 44.4 Å². The quantitative estimate of drug-likeness (QED) is 0.671. The molecule has 0 fully saturated rings. The molecule has 0 aliphatic rings. The van der Waals surface area contributed by atoms with E-state index in [9.17, 15) is 4.79 Å². The molecule has 0 aliphatic heterocycles. The normalized spacial score (nSPS) is 10.8. The summed E-state index contributed by atoms with van der Waals surface area (Å²) in [5, 5.41) is 3.73. The molecular formula is C19H19N3OS2. The first kappa shape index (κ1) is 17.6. The van der Waals surface area contributed by atoms with Crippen molar-refractivity contribution in [2.24, 2.45) is 5.73 Å². The molecule has 0 aliphatic carbocycles. The van der Waals surface area contributed by atoms with Crippen molar-refractivity contribution >= 4 is 29.0 Å². The highest BCUT2D eigenvalue weighted by molar-refractivity contribution is 7.98. The number of aryl methyl sites for hydroxylation is 1. The van der Waals surface area contributed by atoms with Crippen LogP contribution in [0.3, 0.4) is 0 Å². The van der Waals surface area contributed by atoms with Crippen LogP contribution in [0.2, 0.25) is 0 Å². The molecule has 0 saturated carbocycles. The molecule has 2 N–H and O–H groups in total. The molecule has 1 aromatic carbocycles. The number of hydrogen-bond donors (Lipinski definition) is 1. The summed E-state index contributed by atoms with van der Waals surface area (Å²) in [5.41, 5.74) is 11.0. The van der Waals surface area contributed by atoms with Crippen LogP contribution in [0.4, 0.5) is 0 Å². The van der Waals surface area contributed by atoms with Gasteiger partial charge in [-0.05, 0) is 31.9 Å². The van der Waals surface area contributed by atoms with Gasteiger partial charge in [0, 0.05) is 22.4 Å². The molecule has 4 nitrogen and oxygen atoms in total. The Kier molecular flexibility index (Phi) is 5.20. The summed E-state index contributed by atoms with van der Waals surface area (Å²) in [5.74, 6) is 0.220. The van der Waals surface area contributed by atoms with Gasteiger partial charge in [0.2, 0.25) is 0 Å². The van der Waals surface area contributed by atoms with Crippen LogP contribution < -0.4 is 5.73 Å². The Morgan fingerprint density at radius 1 is 1.12 bits per heavy atom. The molecule has 25 heavy (non-hydrogen) atoms. The molecule has 0 radical (unpaired) electrons. The van der Waals surface area contributed by atoms with Gasteiger partial charge in [0.15, 0.2) is 0 Å². The standard InChI is InChI=1S/C19H19N3OS2/c1-11-12(2)16(17(20)23)19(21-13(11)3)25-10-15-9-24-18(22-15)14-7-5-4-6-8-14/h4-9H,10H2,1-3H3,(H2,20,23). The second-order valence-corrected chi connectivity index (χ2v) is 7.61. The number of carbonyl (C=O) groups is 1. The van der Waals surface area contributed by atoms with Gasteiger partial charge in [-0.1, -0.05) is 42.1 Å². The summed E-state index contributed by atoms with van der Waals surface area (Å²) in [6, 6.07) is 10.1. The van der Waals surface area contributed by atoms with E-state index in [1.54, 1.807) is 11.3 Å². The van der Waals surface area contributed by atoms with E-state index in [2.05, 4.69) is 22.1 Å². The number of thioether (sulfide) groups is 1. The van der Waals surface area contributed by atoms with Crippen molar-refractivity contribution in [3.8, 4) is 10.6 Å². The Morgan fingerprint density at radius 3 is 2.52 bits per heavy atom. The molecule has 0 atom stereocenters. The maximum Gasteiger partial charge on any atom is 0.251 e. The van der Waals surface area contributed by atoms with Gasteiger partial charge >= 0.3 is 0 Å². The summed E-state index contributed by atoms with van der Waals surface area (Å²) in [7, 11) is 0. The van der Waals surface area contributed by atoms with Gasteiger partial charge in [-0.2, -0.15) is 0 Å². The third-order valence-electron chi connectivity index (χ3n) is 4.14. The van der Waals surface area contributed by atoms with E-state index in [-0.39, 0.29) is 0 Å². The van der Waals surface area contributed by atoms with Crippen molar-refractivity contribution in [2.45, 2.75) is 31.6 Å². The smallest absolute Gasteiger partial charge is 0.251 e. The molecule has 0 bridgehead atoms. The van der Waals surface area contributed by atoms with Gasteiger partial charge in [0.1, 0.15) is 10.0 Å². The number of benzene rings is 1. The van der Waals surface area contributed by atoms with E-state index in [0.29, 0.717) is 16.3 Å². The fourth-order valence-corrected chi connectivity index (χ4v) is 4.50. The highest BCUT2D eigenvalue weighted by atomic mass is 32.2. The minimum Gasteiger partial charge on any atom is -0.366 e. The third kappa shape index (κ3) is 3.75. The number of primary amides is 1. The Balaban J connectivity index is 1.83. The molecule has 0 unspecified atom stereocenters. The van der Waals surface area contributed by atoms with E-state index >= 15 is 0 Å². The van der Waals surface area contributed by atoms with Crippen molar-refractivity contribution in [3.05, 3.63) is 63.8 Å². The van der Waals surface area contributed by atoms with Crippen molar-refractivity contribution in [2.75, 3.05) is 0 Å². The number of rotatable bonds is 5. The lowest BCUT2D eigenvalue weighted by Gasteiger charge is -2.13. The number of hydrogen-bond acceptors (Lipinski definition) is 5. The number of thiazole rings is 1. The second-order valence-electron chi connectivity index (χ2n) is 5.79. The number of nitrogens with zero attached hydrogens (tertiary/aromatic N) is 2. The van der Waals surface area contributed by atoms with Gasteiger partial charge in [0.05, 0.1) is 11.3 Å². The molecule has 2 heterocycles. The van der Waals surface area contributed by atoms with Crippen LogP contribution in [0.15, 0.2) is 40.7 Å². The summed E-state index contributed by atoms with van der Waals surface area (Å²) < 4.78 is 0. The van der Waals surface area contributed by atoms with Crippen molar-refractivity contribution in [1.29, 1.82) is 0 Å². The lowest BCUT2D eigenvalue weighted by molar-refractivity contribution is 0.0996. The minimum atomic E-state index is -0.432. The third-order valence-corrected chi connectivity index (χ3v) is 6.09. The van der Waals surface area contributed by atoms with Crippen LogP contribution in [0.1, 0.15) is 32.9 Å². The Morgan fingerprint density at radius 2 is 1.84 bits per heavy atom. The average molecular weight is 370 g/mol. The van der Waals surface area contributed by atoms with Gasteiger partial charge in [-0.25, -0.2) is 9.97 Å². The molecule has 2 aromatic heterocycles. The molecule has 128 valence electrons. The van der Waals surface area contributed by atoms with Crippen LogP contribution in [-0.4, -0.2) is 15.9 Å². The van der Waals surface area contributed by atoms with Crippen LogP contribution in [0.25, 0.3) is 10.6 Å². The Hall–Kier alpha value is -2.18. The van der Waals surface area contributed by atoms with Crippen LogP contribution >= 0.6 is 23.1 Å². The number of aromatic nitrogens is 2. The van der Waals surface area contributed by atoms with Gasteiger partial charge in [0.25, 0.3) is 5.91 Å². The average Bonchev–Trinajstić information content (AvgIpc) is 3.07. The molecule has 0 saturated heterocycles. The van der Waals surface area contributed by atoms with Gasteiger partial charge in [-0.3, -0.25) is 4.79 Å². The van der Waals surface area contributed by atoms with E-state index in [0.717, 1.165) is 33.1 Å². The molecule has 3 rings (SSSR count). The zero-order valence-corrected chi connectivity index (χ0v) is 16.0. The Labute approximate surface area is 155 Å². The predicted octanol–water partition coefficient (Wildman–Crippen LogP) is 4.52. The van der Waals surface area contributed by atoms with Gasteiger partial charge < -0.3 is 5.73 Å². The fraction of sp³-hybridized carbons (Fsp3) is 0.211. The highest BCUT2D eigenvalue weighted by Crippen LogP contribution is 2.31. The van der Waals surface area contributed by atoms with Gasteiger partial charge in [-0.15, -0.1) is 11.3 Å². The minimum absolute atomic E-state index is 0.432. The first-order chi connectivity index (χ1) is 12.0. The number of amides is 1. The largest absolute Gasteiger partial charge is 0.366 e. The second kappa shape index (κ2) is 7.37. The van der Waals surface area contributed by atoms with E-state index < -0.39 is 5.91 Å². The van der Waals surface area contributed by atoms with Crippen LogP contribution in [0.5, 0.6) is 0 Å². The van der Waals surface area contributed by atoms with Crippen LogP contribution in [-0.2, 0) is 5.75 Å². The lowest BCUT2D eigenvalue weighted by Crippen LogP contribution is -2.16. The van der Waals surface area contributed by atoms with E-state index in [4.69, 9.17) is 5.73 Å². The topological polar surface area (TPSA) is 68.9 Å². The summed E-state index contributed by atoms with van der Waals surface area (Å²) >= 11 is 3.13. The molecule has 1 amide bonds.